The fourth-order valence-corrected chi connectivity index (χ4v) is 3.43. The van der Waals surface area contributed by atoms with Gasteiger partial charge in [0.05, 0.1) is 18.6 Å². The van der Waals surface area contributed by atoms with E-state index in [-0.39, 0.29) is 17.1 Å². The van der Waals surface area contributed by atoms with Gasteiger partial charge in [0.25, 0.3) is 0 Å². The maximum absolute atomic E-state index is 12.5. The highest BCUT2D eigenvalue weighted by Crippen LogP contribution is 2.34. The first kappa shape index (κ1) is 10.9. The van der Waals surface area contributed by atoms with Crippen LogP contribution in [0.4, 0.5) is 17.3 Å². The molecule has 1 amide bonds. The second kappa shape index (κ2) is 9.30. The number of fused-ring (bicyclic) bond motifs is 1. The number of rotatable bonds is 8. The Morgan fingerprint density at radius 2 is 2.00 bits per heavy atom. The van der Waals surface area contributed by atoms with Crippen LogP contribution in [0.5, 0.6) is 6.01 Å². The van der Waals surface area contributed by atoms with Gasteiger partial charge in [0.15, 0.2) is 11.6 Å². The fraction of sp³-hybridized carbons (Fsp3) is 0.500. The molecule has 3 heterocycles. The van der Waals surface area contributed by atoms with Gasteiger partial charge in [-0.05, 0) is 43.4 Å². The van der Waals surface area contributed by atoms with Gasteiger partial charge in [-0.1, -0.05) is 37.5 Å². The topological polar surface area (TPSA) is 96.6 Å². The molecule has 2 aliphatic rings. The Kier molecular flexibility index (Phi) is 3.39. The summed E-state index contributed by atoms with van der Waals surface area (Å²) in [6, 6.07) is 5.83. The average Bonchev–Trinajstić information content (AvgIpc) is 3.36. The number of hydrogen-bond donors (Lipinski definition) is 2. The predicted molar refractivity (Wildman–Crippen MR) is 117 cm³/mol. The van der Waals surface area contributed by atoms with E-state index < -0.39 is 56.9 Å². The van der Waals surface area contributed by atoms with Gasteiger partial charge in [0.1, 0.15) is 5.69 Å². The number of nitrogens with zero attached hydrogens (tertiary/aromatic N) is 4. The summed E-state index contributed by atoms with van der Waals surface area (Å²) in [5, 5.41) is 2.44. The zero-order valence-electron chi connectivity index (χ0n) is 27.2. The normalized spacial score (nSPS) is 24.2. The van der Waals surface area contributed by atoms with Crippen LogP contribution in [0.25, 0.3) is 0 Å². The molecule has 160 valence electrons. The van der Waals surface area contributed by atoms with Gasteiger partial charge >= 0.3 is 6.01 Å². The highest BCUT2D eigenvalue weighted by Gasteiger charge is 2.27. The molecule has 1 aromatic carbocycles. The van der Waals surface area contributed by atoms with Gasteiger partial charge in [0.2, 0.25) is 5.91 Å². The van der Waals surface area contributed by atoms with E-state index >= 15 is 0 Å². The third-order valence-corrected chi connectivity index (χ3v) is 4.80. The largest absolute Gasteiger partial charge is 0.463 e. The van der Waals surface area contributed by atoms with E-state index in [1.165, 1.54) is 0 Å². The number of carbonyl (C=O) groups is 1. The van der Waals surface area contributed by atoms with Crippen molar-refractivity contribution in [3.8, 4) is 6.01 Å². The molecule has 0 saturated carbocycles. The van der Waals surface area contributed by atoms with Crippen LogP contribution in [0, 0.1) is 0 Å². The second-order valence-electron chi connectivity index (χ2n) is 6.97. The summed E-state index contributed by atoms with van der Waals surface area (Å²) in [4.78, 5) is 23.5. The molecule has 0 radical (unpaired) electrons. The number of carbonyl (C=O) groups excluding carboxylic acids is 1. The monoisotopic (exact) mass is 421 g/mol. The van der Waals surface area contributed by atoms with Crippen molar-refractivity contribution in [2.24, 2.45) is 0 Å². The minimum atomic E-state index is -3.74. The van der Waals surface area contributed by atoms with Crippen LogP contribution in [0.15, 0.2) is 24.3 Å². The summed E-state index contributed by atoms with van der Waals surface area (Å²) in [5.41, 5.74) is 6.93. The van der Waals surface area contributed by atoms with Gasteiger partial charge in [-0.25, -0.2) is 0 Å². The lowest BCUT2D eigenvalue weighted by molar-refractivity contribution is -0.115. The Labute approximate surface area is 192 Å². The lowest BCUT2D eigenvalue weighted by Crippen LogP contribution is -2.39. The molecule has 0 atom stereocenters. The van der Waals surface area contributed by atoms with Crippen LogP contribution in [-0.2, 0) is 17.8 Å². The number of benzene rings is 1. The minimum Gasteiger partial charge on any atom is -0.463 e. The van der Waals surface area contributed by atoms with Gasteiger partial charge in [0, 0.05) is 22.6 Å². The van der Waals surface area contributed by atoms with E-state index in [9.17, 15) is 4.79 Å². The molecule has 1 saturated heterocycles. The smallest absolute Gasteiger partial charge is 0.320 e. The number of hydrogen-bond acceptors (Lipinski definition) is 7. The lowest BCUT2D eigenvalue weighted by Gasteiger charge is -2.30. The maximum Gasteiger partial charge on any atom is 0.320 e. The zero-order valence-corrected chi connectivity index (χ0v) is 16.2. The van der Waals surface area contributed by atoms with Crippen molar-refractivity contribution in [3.63, 3.8) is 0 Å². The molecule has 0 unspecified atom stereocenters. The van der Waals surface area contributed by atoms with Crippen LogP contribution < -0.4 is 20.7 Å². The van der Waals surface area contributed by atoms with Crippen molar-refractivity contribution >= 4 is 23.2 Å². The molecule has 8 heteroatoms. The van der Waals surface area contributed by atoms with Crippen molar-refractivity contribution in [1.82, 2.24) is 14.9 Å². The molecular formula is C22H30N6O2. The number of likely N-dealkylation sites (tertiary alicyclic amines) is 1. The molecule has 0 bridgehead atoms. The van der Waals surface area contributed by atoms with E-state index in [0.717, 1.165) is 42.9 Å². The number of nitrogens with one attached hydrogen (secondary N) is 1. The van der Waals surface area contributed by atoms with Gasteiger partial charge < -0.3 is 20.7 Å². The predicted octanol–water partition coefficient (Wildman–Crippen LogP) is 2.79. The second-order valence-corrected chi connectivity index (χ2v) is 6.97. The maximum atomic E-state index is 12.5. The van der Waals surface area contributed by atoms with Gasteiger partial charge in [-0.3, -0.25) is 9.69 Å². The average molecular weight is 422 g/mol. The molecule has 2 aromatic rings. The minimum absolute atomic E-state index is 0.181. The third kappa shape index (κ3) is 4.81. The van der Waals surface area contributed by atoms with E-state index in [1.807, 2.05) is 0 Å². The Balaban J connectivity index is 1.67. The molecule has 0 spiro atoms. The molecule has 8 nitrogen and oxygen atoms in total. The Morgan fingerprint density at radius 3 is 2.77 bits per heavy atom. The first-order chi connectivity index (χ1) is 18.8. The Morgan fingerprint density at radius 1 is 1.23 bits per heavy atom. The molecule has 4 rings (SSSR count). The van der Waals surface area contributed by atoms with Crippen LogP contribution in [0.1, 0.15) is 58.6 Å². The summed E-state index contributed by atoms with van der Waals surface area (Å²) >= 11 is 0. The van der Waals surface area contributed by atoms with Gasteiger partial charge in [-0.15, -0.1) is 0 Å². The van der Waals surface area contributed by atoms with Crippen molar-refractivity contribution in [2.45, 2.75) is 45.5 Å². The lowest BCUT2D eigenvalue weighted by atomic mass is 10.1. The van der Waals surface area contributed by atoms with E-state index in [2.05, 4.69) is 20.2 Å². The third-order valence-electron chi connectivity index (χ3n) is 4.80. The van der Waals surface area contributed by atoms with E-state index in [0.29, 0.717) is 0 Å². The number of nitrogen functional groups attached to an aromatic ring is 1. The first-order valence-electron chi connectivity index (χ1n) is 15.0. The standard InChI is InChI=1S/C22H30N6O2/c1-2-3-12-30-22-25-20(23)19-21(26-22)28(15-18(29)24-19)14-17-8-6-16(7-9-17)13-27-10-4-5-11-27/h6-9H,2-5,10-15H2,1H3,(H,24,29)(H2,23,25,26)/i1D3,2D2,3D2,12D2,14D2. The van der Waals surface area contributed by atoms with Crippen molar-refractivity contribution in [2.75, 3.05) is 42.1 Å². The first-order valence-corrected chi connectivity index (χ1v) is 9.54. The molecule has 30 heavy (non-hydrogen) atoms. The SMILES string of the molecule is [2H]C([2H])(c1ccc(CN2CCCC2)cc1)N1CC(=O)Nc2c(N)nc(OC([2H])([2H])C([2H])([2H])C([2H])([2H])C([2H])([2H])[2H])nc21. The fourth-order valence-electron chi connectivity index (χ4n) is 3.43. The number of aromatic nitrogens is 2. The molecular weight excluding hydrogens is 380 g/mol. The summed E-state index contributed by atoms with van der Waals surface area (Å²) in [6.07, 6.45) is -5.17. The van der Waals surface area contributed by atoms with Gasteiger partial charge in [-0.2, -0.15) is 9.97 Å². The zero-order chi connectivity index (χ0) is 30.6. The Bertz CT molecular complexity index is 1300. The highest BCUT2D eigenvalue weighted by atomic mass is 16.5. The molecule has 3 N–H and O–H groups in total. The number of amides is 1. The quantitative estimate of drug-likeness (QED) is 0.676. The summed E-state index contributed by atoms with van der Waals surface area (Å²) in [5.74, 6) is -1.39. The van der Waals surface area contributed by atoms with E-state index in [4.69, 9.17) is 25.5 Å². The Hall–Kier alpha value is -2.87. The summed E-state index contributed by atoms with van der Waals surface area (Å²) in [7, 11) is 0. The number of nitrogens with two attached hydrogens (primary N) is 1. The molecule has 1 aromatic heterocycles. The summed E-state index contributed by atoms with van der Waals surface area (Å²) < 4.78 is 92.2. The van der Waals surface area contributed by atoms with Crippen LogP contribution in [0.3, 0.4) is 0 Å². The summed E-state index contributed by atoms with van der Waals surface area (Å²) in [6.45, 7) is -7.34. The van der Waals surface area contributed by atoms with Crippen LogP contribution in [0.2, 0.25) is 0 Å². The van der Waals surface area contributed by atoms with Crippen LogP contribution >= 0.6 is 0 Å². The molecule has 0 aliphatic carbocycles. The highest BCUT2D eigenvalue weighted by molar-refractivity contribution is 6.03. The van der Waals surface area contributed by atoms with E-state index in [1.54, 1.807) is 24.3 Å². The van der Waals surface area contributed by atoms with Crippen molar-refractivity contribution < 1.29 is 24.6 Å². The number of ether oxygens (including phenoxy) is 1. The number of anilines is 3. The van der Waals surface area contributed by atoms with Crippen molar-refractivity contribution in [3.05, 3.63) is 35.4 Å². The van der Waals surface area contributed by atoms with Crippen LogP contribution in [-0.4, -0.2) is 47.0 Å². The molecule has 2 aliphatic heterocycles. The molecule has 1 fully saturated rings. The van der Waals surface area contributed by atoms with Crippen molar-refractivity contribution in [1.29, 1.82) is 0 Å².